The summed E-state index contributed by atoms with van der Waals surface area (Å²) in [7, 11) is 1.35. The van der Waals surface area contributed by atoms with Crippen molar-refractivity contribution in [2.24, 2.45) is 0 Å². The third kappa shape index (κ3) is 4.52. The number of aromatic nitrogens is 1. The Hall–Kier alpha value is -2.77. The predicted molar refractivity (Wildman–Crippen MR) is 118 cm³/mol. The zero-order valence-electron chi connectivity index (χ0n) is 17.2. The first-order valence-corrected chi connectivity index (χ1v) is 11.0. The van der Waals surface area contributed by atoms with Crippen LogP contribution in [0.4, 0.5) is 5.69 Å². The van der Waals surface area contributed by atoms with Crippen LogP contribution in [0.5, 0.6) is 0 Å². The van der Waals surface area contributed by atoms with Crippen LogP contribution in [0, 0.1) is 6.92 Å². The molecule has 1 saturated heterocycles. The number of rotatable bonds is 5. The van der Waals surface area contributed by atoms with Crippen molar-refractivity contribution in [3.8, 4) is 0 Å². The SMILES string of the molecule is COC(=O)c1ccc(C)c(NC(=O)C[NH+]2CCC(c3nc4ccccc4s3)CC2)c1. The van der Waals surface area contributed by atoms with Gasteiger partial charge in [-0.05, 0) is 36.8 Å². The molecule has 0 saturated carbocycles. The number of piperidine rings is 1. The molecular formula is C23H26N3O3S+. The zero-order valence-corrected chi connectivity index (χ0v) is 18.1. The minimum atomic E-state index is -0.409. The van der Waals surface area contributed by atoms with Crippen molar-refractivity contribution in [2.45, 2.75) is 25.7 Å². The molecule has 0 bridgehead atoms. The molecule has 1 amide bonds. The Morgan fingerprint density at radius 3 is 2.70 bits per heavy atom. The van der Waals surface area contributed by atoms with E-state index in [1.54, 1.807) is 23.5 Å². The van der Waals surface area contributed by atoms with Crippen LogP contribution in [-0.4, -0.2) is 43.6 Å². The summed E-state index contributed by atoms with van der Waals surface area (Å²) in [6, 6.07) is 13.5. The zero-order chi connectivity index (χ0) is 21.1. The fraction of sp³-hybridized carbons (Fsp3) is 0.348. The Balaban J connectivity index is 1.33. The Bertz CT molecular complexity index is 1040. The van der Waals surface area contributed by atoms with Gasteiger partial charge in [0.15, 0.2) is 6.54 Å². The molecule has 0 radical (unpaired) electrons. The van der Waals surface area contributed by atoms with Gasteiger partial charge in [0.2, 0.25) is 0 Å². The first-order valence-electron chi connectivity index (χ1n) is 10.2. The number of carbonyl (C=O) groups excluding carboxylic acids is 2. The molecule has 7 heteroatoms. The van der Waals surface area contributed by atoms with Crippen molar-refractivity contribution in [3.63, 3.8) is 0 Å². The molecule has 6 nitrogen and oxygen atoms in total. The molecule has 0 atom stereocenters. The van der Waals surface area contributed by atoms with Crippen molar-refractivity contribution < 1.29 is 19.2 Å². The maximum atomic E-state index is 12.6. The number of nitrogens with zero attached hydrogens (tertiary/aromatic N) is 1. The van der Waals surface area contributed by atoms with Crippen LogP contribution in [-0.2, 0) is 9.53 Å². The number of fused-ring (bicyclic) bond motifs is 1. The fourth-order valence-corrected chi connectivity index (χ4v) is 5.07. The lowest BCUT2D eigenvalue weighted by atomic mass is 9.97. The molecule has 0 aliphatic carbocycles. The monoisotopic (exact) mass is 424 g/mol. The second-order valence-electron chi connectivity index (χ2n) is 7.79. The van der Waals surface area contributed by atoms with Crippen LogP contribution in [0.2, 0.25) is 0 Å². The number of anilines is 1. The lowest BCUT2D eigenvalue weighted by molar-refractivity contribution is -0.897. The Morgan fingerprint density at radius 2 is 1.97 bits per heavy atom. The average Bonchev–Trinajstić information content (AvgIpc) is 3.19. The van der Waals surface area contributed by atoms with E-state index in [1.165, 1.54) is 21.7 Å². The van der Waals surface area contributed by atoms with Gasteiger partial charge in [-0.1, -0.05) is 18.2 Å². The molecular weight excluding hydrogens is 398 g/mol. The van der Waals surface area contributed by atoms with Crippen molar-refractivity contribution in [1.29, 1.82) is 0 Å². The Kier molecular flexibility index (Phi) is 6.11. The van der Waals surface area contributed by atoms with Gasteiger partial charge in [0.25, 0.3) is 5.91 Å². The summed E-state index contributed by atoms with van der Waals surface area (Å²) in [6.45, 7) is 4.24. The van der Waals surface area contributed by atoms with E-state index in [1.807, 2.05) is 19.1 Å². The van der Waals surface area contributed by atoms with Crippen molar-refractivity contribution in [2.75, 3.05) is 32.1 Å². The van der Waals surface area contributed by atoms with E-state index < -0.39 is 5.97 Å². The second-order valence-corrected chi connectivity index (χ2v) is 8.85. The maximum absolute atomic E-state index is 12.6. The average molecular weight is 425 g/mol. The molecule has 2 heterocycles. The van der Waals surface area contributed by atoms with Crippen molar-refractivity contribution >= 4 is 39.1 Å². The van der Waals surface area contributed by atoms with E-state index in [9.17, 15) is 9.59 Å². The van der Waals surface area contributed by atoms with E-state index in [4.69, 9.17) is 9.72 Å². The van der Waals surface area contributed by atoms with Gasteiger partial charge in [0.1, 0.15) is 0 Å². The number of benzene rings is 2. The number of thiazole rings is 1. The number of para-hydroxylation sites is 1. The van der Waals surface area contributed by atoms with E-state index in [0.29, 0.717) is 23.7 Å². The van der Waals surface area contributed by atoms with Gasteiger partial charge in [0, 0.05) is 24.4 Å². The molecule has 30 heavy (non-hydrogen) atoms. The predicted octanol–water partition coefficient (Wildman–Crippen LogP) is 2.79. The van der Waals surface area contributed by atoms with Gasteiger partial charge in [-0.25, -0.2) is 9.78 Å². The minimum Gasteiger partial charge on any atom is -0.465 e. The number of hydrogen-bond acceptors (Lipinski definition) is 5. The summed E-state index contributed by atoms with van der Waals surface area (Å²) < 4.78 is 6.01. The van der Waals surface area contributed by atoms with Gasteiger partial charge in [-0.3, -0.25) is 4.79 Å². The first-order chi connectivity index (χ1) is 14.5. The van der Waals surface area contributed by atoms with Crippen LogP contribution >= 0.6 is 11.3 Å². The van der Waals surface area contributed by atoms with Crippen molar-refractivity contribution in [1.82, 2.24) is 4.98 Å². The highest BCUT2D eigenvalue weighted by Gasteiger charge is 2.27. The summed E-state index contributed by atoms with van der Waals surface area (Å²) in [5, 5.41) is 4.18. The summed E-state index contributed by atoms with van der Waals surface area (Å²) >= 11 is 1.79. The Labute approximate surface area is 179 Å². The molecule has 2 N–H and O–H groups in total. The van der Waals surface area contributed by atoms with Crippen LogP contribution in [0.1, 0.15) is 39.7 Å². The molecule has 3 aromatic rings. The largest absolute Gasteiger partial charge is 0.465 e. The first kappa shape index (κ1) is 20.5. The van der Waals surface area contributed by atoms with Gasteiger partial charge in [-0.2, -0.15) is 0 Å². The smallest absolute Gasteiger partial charge is 0.337 e. The molecule has 1 aromatic heterocycles. The standard InChI is InChI=1S/C23H25N3O3S/c1-15-7-8-17(23(28)29-2)13-19(15)24-21(27)14-26-11-9-16(10-12-26)22-25-18-5-3-4-6-20(18)30-22/h3-8,13,16H,9-12,14H2,1-2H3,(H,24,27)/p+1. The second kappa shape index (κ2) is 8.93. The van der Waals surface area contributed by atoms with Gasteiger partial charge >= 0.3 is 5.97 Å². The van der Waals surface area contributed by atoms with E-state index in [-0.39, 0.29) is 5.91 Å². The van der Waals surface area contributed by atoms with E-state index >= 15 is 0 Å². The molecule has 2 aromatic carbocycles. The summed E-state index contributed by atoms with van der Waals surface area (Å²) in [5.41, 5.74) is 3.09. The molecule has 156 valence electrons. The summed E-state index contributed by atoms with van der Waals surface area (Å²) in [5.74, 6) is 0.0368. The minimum absolute atomic E-state index is 0.0337. The number of amides is 1. The van der Waals surface area contributed by atoms with Gasteiger partial charge < -0.3 is 15.0 Å². The number of aryl methyl sites for hydroxylation is 1. The number of quaternary nitrogens is 1. The van der Waals surface area contributed by atoms with Gasteiger partial charge in [-0.15, -0.1) is 11.3 Å². The lowest BCUT2D eigenvalue weighted by Gasteiger charge is -2.27. The summed E-state index contributed by atoms with van der Waals surface area (Å²) in [4.78, 5) is 30.4. The number of esters is 1. The third-order valence-corrected chi connectivity index (χ3v) is 6.89. The highest BCUT2D eigenvalue weighted by Crippen LogP contribution is 2.31. The number of hydrogen-bond donors (Lipinski definition) is 2. The number of ether oxygens (including phenoxy) is 1. The molecule has 1 fully saturated rings. The van der Waals surface area contributed by atoms with E-state index in [0.717, 1.165) is 37.0 Å². The summed E-state index contributed by atoms with van der Waals surface area (Å²) in [6.07, 6.45) is 2.08. The number of nitrogens with one attached hydrogen (secondary N) is 2. The fourth-order valence-electron chi connectivity index (χ4n) is 3.94. The van der Waals surface area contributed by atoms with Crippen LogP contribution in [0.25, 0.3) is 10.2 Å². The Morgan fingerprint density at radius 1 is 1.20 bits per heavy atom. The maximum Gasteiger partial charge on any atom is 0.337 e. The lowest BCUT2D eigenvalue weighted by Crippen LogP contribution is -3.14. The number of likely N-dealkylation sites (tertiary alicyclic amines) is 1. The highest BCUT2D eigenvalue weighted by atomic mass is 32.1. The quantitative estimate of drug-likeness (QED) is 0.618. The number of carbonyl (C=O) groups is 2. The number of methoxy groups -OCH3 is 1. The van der Waals surface area contributed by atoms with Crippen molar-refractivity contribution in [3.05, 3.63) is 58.6 Å². The molecule has 0 unspecified atom stereocenters. The van der Waals surface area contributed by atoms with E-state index in [2.05, 4.69) is 23.5 Å². The molecule has 4 rings (SSSR count). The van der Waals surface area contributed by atoms with Crippen LogP contribution < -0.4 is 10.2 Å². The van der Waals surface area contributed by atoms with Crippen LogP contribution in [0.15, 0.2) is 42.5 Å². The molecule has 1 aliphatic heterocycles. The third-order valence-electron chi connectivity index (χ3n) is 5.70. The van der Waals surface area contributed by atoms with Crippen LogP contribution in [0.3, 0.4) is 0 Å². The topological polar surface area (TPSA) is 72.7 Å². The van der Waals surface area contributed by atoms with Gasteiger partial charge in [0.05, 0.1) is 41.0 Å². The molecule has 1 aliphatic rings. The normalized spacial score (nSPS) is 18.9. The molecule has 0 spiro atoms. The highest BCUT2D eigenvalue weighted by molar-refractivity contribution is 7.18.